The first-order valence-corrected chi connectivity index (χ1v) is 7.43. The number of rotatable bonds is 5. The minimum atomic E-state index is -1.11. The number of carbonyl (C=O) groups excluding carboxylic acids is 1. The summed E-state index contributed by atoms with van der Waals surface area (Å²) in [5, 5.41) is 9.21. The summed E-state index contributed by atoms with van der Waals surface area (Å²) in [7, 11) is 1.46. The fraction of sp³-hybridized carbons (Fsp3) is 0.500. The Bertz CT molecular complexity index is 535. The fourth-order valence-electron chi connectivity index (χ4n) is 2.48. The Kier molecular flexibility index (Phi) is 5.63. The zero-order chi connectivity index (χ0) is 15.9. The molecule has 6 nitrogen and oxygen atoms in total. The second-order valence-electron chi connectivity index (χ2n) is 5.25. The van der Waals surface area contributed by atoms with Gasteiger partial charge in [-0.25, -0.2) is 4.79 Å². The Hall–Kier alpha value is -2.24. The third-order valence-corrected chi connectivity index (χ3v) is 3.73. The van der Waals surface area contributed by atoms with Crippen LogP contribution in [-0.4, -0.2) is 48.7 Å². The summed E-state index contributed by atoms with van der Waals surface area (Å²) in [6.07, 6.45) is 4.31. The summed E-state index contributed by atoms with van der Waals surface area (Å²) >= 11 is 0. The number of carbonyl (C=O) groups is 2. The topological polar surface area (TPSA) is 76.1 Å². The van der Waals surface area contributed by atoms with Crippen molar-refractivity contribution in [2.45, 2.75) is 25.7 Å². The van der Waals surface area contributed by atoms with Crippen molar-refractivity contribution < 1.29 is 24.2 Å². The lowest BCUT2D eigenvalue weighted by molar-refractivity contribution is -0.133. The molecule has 1 saturated heterocycles. The second-order valence-corrected chi connectivity index (χ2v) is 5.25. The van der Waals surface area contributed by atoms with Crippen molar-refractivity contribution in [2.24, 2.45) is 0 Å². The van der Waals surface area contributed by atoms with Gasteiger partial charge >= 0.3 is 5.97 Å². The maximum absolute atomic E-state index is 12.2. The van der Waals surface area contributed by atoms with Gasteiger partial charge in [0.1, 0.15) is 17.1 Å². The van der Waals surface area contributed by atoms with Crippen LogP contribution < -0.4 is 9.47 Å². The third kappa shape index (κ3) is 4.13. The highest BCUT2D eigenvalue weighted by molar-refractivity contribution is 5.91. The van der Waals surface area contributed by atoms with Gasteiger partial charge in [0.25, 0.3) is 5.91 Å². The molecule has 0 atom stereocenters. The summed E-state index contributed by atoms with van der Waals surface area (Å²) in [6.45, 7) is 1.35. The molecule has 1 aliphatic rings. The highest BCUT2D eigenvalue weighted by Crippen LogP contribution is 2.24. The van der Waals surface area contributed by atoms with Crippen LogP contribution in [0.5, 0.6) is 11.5 Å². The summed E-state index contributed by atoms with van der Waals surface area (Å²) in [5.74, 6) is -0.606. The van der Waals surface area contributed by atoms with Crippen LogP contribution in [0.1, 0.15) is 36.0 Å². The van der Waals surface area contributed by atoms with Crippen LogP contribution in [0.3, 0.4) is 0 Å². The normalized spacial score (nSPS) is 15.0. The van der Waals surface area contributed by atoms with E-state index in [4.69, 9.17) is 9.47 Å². The monoisotopic (exact) mass is 307 g/mol. The smallest absolute Gasteiger partial charge is 0.339 e. The molecule has 120 valence electrons. The van der Waals surface area contributed by atoms with Crippen molar-refractivity contribution >= 4 is 11.9 Å². The van der Waals surface area contributed by atoms with E-state index in [-0.39, 0.29) is 23.8 Å². The van der Waals surface area contributed by atoms with Crippen LogP contribution in [-0.2, 0) is 4.79 Å². The molecule has 1 N–H and O–H groups in total. The number of hydrogen-bond acceptors (Lipinski definition) is 4. The summed E-state index contributed by atoms with van der Waals surface area (Å²) in [6, 6.07) is 4.50. The number of carboxylic acid groups (broad SMARTS) is 1. The number of ether oxygens (including phenoxy) is 2. The van der Waals surface area contributed by atoms with E-state index in [0.29, 0.717) is 5.75 Å². The molecule has 1 heterocycles. The number of hydrogen-bond donors (Lipinski definition) is 1. The molecule has 0 bridgehead atoms. The van der Waals surface area contributed by atoms with Crippen LogP contribution >= 0.6 is 0 Å². The van der Waals surface area contributed by atoms with Gasteiger partial charge in [-0.1, -0.05) is 12.8 Å². The molecule has 0 saturated carbocycles. The van der Waals surface area contributed by atoms with E-state index in [0.717, 1.165) is 38.8 Å². The van der Waals surface area contributed by atoms with E-state index in [1.165, 1.54) is 19.2 Å². The number of carboxylic acids is 1. The van der Waals surface area contributed by atoms with E-state index in [1.54, 1.807) is 11.0 Å². The maximum atomic E-state index is 12.2. The van der Waals surface area contributed by atoms with Crippen LogP contribution in [0.15, 0.2) is 18.2 Å². The Morgan fingerprint density at radius 1 is 1.18 bits per heavy atom. The predicted octanol–water partition coefficient (Wildman–Crippen LogP) is 2.17. The zero-order valence-electron chi connectivity index (χ0n) is 12.7. The largest absolute Gasteiger partial charge is 0.497 e. The Morgan fingerprint density at radius 2 is 1.86 bits per heavy atom. The van der Waals surface area contributed by atoms with Gasteiger partial charge in [-0.2, -0.15) is 0 Å². The van der Waals surface area contributed by atoms with Crippen molar-refractivity contribution in [1.29, 1.82) is 0 Å². The molecule has 0 radical (unpaired) electrons. The summed E-state index contributed by atoms with van der Waals surface area (Å²) in [4.78, 5) is 25.2. The van der Waals surface area contributed by atoms with Crippen LogP contribution in [0.2, 0.25) is 0 Å². The first-order chi connectivity index (χ1) is 10.6. The first kappa shape index (κ1) is 16.1. The molecule has 0 aliphatic carbocycles. The lowest BCUT2D eigenvalue weighted by atomic mass is 10.2. The van der Waals surface area contributed by atoms with Gasteiger partial charge in [-0.05, 0) is 31.0 Å². The van der Waals surface area contributed by atoms with Gasteiger partial charge in [-0.15, -0.1) is 0 Å². The Morgan fingerprint density at radius 3 is 2.45 bits per heavy atom. The van der Waals surface area contributed by atoms with E-state index in [1.807, 2.05) is 0 Å². The van der Waals surface area contributed by atoms with Crippen LogP contribution in [0, 0.1) is 0 Å². The van der Waals surface area contributed by atoms with Gasteiger partial charge < -0.3 is 19.5 Å². The van der Waals surface area contributed by atoms with Gasteiger partial charge in [-0.3, -0.25) is 4.79 Å². The number of nitrogens with zero attached hydrogens (tertiary/aromatic N) is 1. The molecule has 0 unspecified atom stereocenters. The molecule has 1 aliphatic heterocycles. The predicted molar refractivity (Wildman–Crippen MR) is 80.5 cm³/mol. The molecule has 1 aromatic rings. The molecule has 0 aromatic heterocycles. The molecule has 1 amide bonds. The summed E-state index contributed by atoms with van der Waals surface area (Å²) < 4.78 is 10.4. The molecular formula is C16H21NO5. The first-order valence-electron chi connectivity index (χ1n) is 7.43. The minimum absolute atomic E-state index is 0.0111. The van der Waals surface area contributed by atoms with Crippen molar-refractivity contribution in [3.8, 4) is 11.5 Å². The van der Waals surface area contributed by atoms with E-state index in [9.17, 15) is 14.7 Å². The van der Waals surface area contributed by atoms with Gasteiger partial charge in [0.15, 0.2) is 6.61 Å². The maximum Gasteiger partial charge on any atom is 0.339 e. The van der Waals surface area contributed by atoms with E-state index in [2.05, 4.69) is 0 Å². The minimum Gasteiger partial charge on any atom is -0.497 e. The third-order valence-electron chi connectivity index (χ3n) is 3.73. The number of aromatic carboxylic acids is 1. The molecule has 1 aromatic carbocycles. The molecular weight excluding hydrogens is 286 g/mol. The average molecular weight is 307 g/mol. The van der Waals surface area contributed by atoms with E-state index < -0.39 is 5.97 Å². The van der Waals surface area contributed by atoms with Gasteiger partial charge in [0.2, 0.25) is 0 Å². The van der Waals surface area contributed by atoms with Crippen LogP contribution in [0.25, 0.3) is 0 Å². The van der Waals surface area contributed by atoms with Crippen molar-refractivity contribution in [3.63, 3.8) is 0 Å². The highest BCUT2D eigenvalue weighted by atomic mass is 16.5. The molecule has 0 spiro atoms. The second kappa shape index (κ2) is 7.68. The van der Waals surface area contributed by atoms with Gasteiger partial charge in [0.05, 0.1) is 7.11 Å². The van der Waals surface area contributed by atoms with E-state index >= 15 is 0 Å². The number of likely N-dealkylation sites (tertiary alicyclic amines) is 1. The molecule has 22 heavy (non-hydrogen) atoms. The van der Waals surface area contributed by atoms with Crippen molar-refractivity contribution in [1.82, 2.24) is 4.90 Å². The Labute approximate surface area is 129 Å². The lowest BCUT2D eigenvalue weighted by Crippen LogP contribution is -2.35. The highest BCUT2D eigenvalue weighted by Gasteiger charge is 2.18. The Balaban J connectivity index is 2.01. The number of benzene rings is 1. The molecule has 1 fully saturated rings. The summed E-state index contributed by atoms with van der Waals surface area (Å²) in [5.41, 5.74) is -0.0111. The van der Waals surface area contributed by atoms with Crippen molar-refractivity contribution in [3.05, 3.63) is 23.8 Å². The number of methoxy groups -OCH3 is 1. The van der Waals surface area contributed by atoms with Crippen LogP contribution in [0.4, 0.5) is 0 Å². The standard InChI is InChI=1S/C16H21NO5/c1-21-12-6-7-14(13(10-12)16(19)20)22-11-15(18)17-8-4-2-3-5-9-17/h6-7,10H,2-5,8-9,11H2,1H3,(H,19,20). The fourth-order valence-corrected chi connectivity index (χ4v) is 2.48. The molecule has 2 rings (SSSR count). The SMILES string of the molecule is COc1ccc(OCC(=O)N2CCCCCC2)c(C(=O)O)c1. The molecule has 6 heteroatoms. The average Bonchev–Trinajstić information content (AvgIpc) is 2.81. The number of amides is 1. The quantitative estimate of drug-likeness (QED) is 0.902. The van der Waals surface area contributed by atoms with Gasteiger partial charge in [0, 0.05) is 13.1 Å². The zero-order valence-corrected chi connectivity index (χ0v) is 12.7. The lowest BCUT2D eigenvalue weighted by Gasteiger charge is -2.20. The van der Waals surface area contributed by atoms with Crippen molar-refractivity contribution in [2.75, 3.05) is 26.8 Å².